The highest BCUT2D eigenvalue weighted by Crippen LogP contribution is 2.37. The zero-order valence-corrected chi connectivity index (χ0v) is 25.1. The summed E-state index contributed by atoms with van der Waals surface area (Å²) in [5.41, 5.74) is 1.65. The molecule has 4 aromatic carbocycles. The van der Waals surface area contributed by atoms with E-state index < -0.39 is 5.41 Å². The van der Waals surface area contributed by atoms with E-state index in [1.54, 1.807) is 18.3 Å². The minimum absolute atomic E-state index is 0.251. The van der Waals surface area contributed by atoms with E-state index in [1.807, 2.05) is 70.2 Å². The lowest BCUT2D eigenvalue weighted by atomic mass is 9.95. The molecule has 0 bridgehead atoms. The number of hydrogen-bond donors (Lipinski definition) is 0. The van der Waals surface area contributed by atoms with Gasteiger partial charge < -0.3 is 9.47 Å². The number of ether oxygens (including phenoxy) is 2. The second kappa shape index (κ2) is 11.4. The highest BCUT2D eigenvalue weighted by atomic mass is 79.9. The molecule has 5 rings (SSSR count). The minimum Gasteiger partial charge on any atom is -0.490 e. The van der Waals surface area contributed by atoms with Crippen molar-refractivity contribution in [3.63, 3.8) is 0 Å². The van der Waals surface area contributed by atoms with Crippen molar-refractivity contribution in [2.45, 2.75) is 39.7 Å². The van der Waals surface area contributed by atoms with Gasteiger partial charge in [0.1, 0.15) is 12.4 Å². The molecule has 1 aromatic heterocycles. The fourth-order valence-electron chi connectivity index (χ4n) is 4.50. The molecule has 0 aliphatic heterocycles. The molecule has 0 N–H and O–H groups in total. The molecule has 0 saturated heterocycles. The van der Waals surface area contributed by atoms with Gasteiger partial charge in [-0.25, -0.2) is 4.98 Å². The molecule has 0 atom stereocenters. The van der Waals surface area contributed by atoms with Crippen LogP contribution < -0.4 is 15.0 Å². The molecule has 5 aromatic rings. The summed E-state index contributed by atoms with van der Waals surface area (Å²) < 4.78 is 14.3. The Bertz CT molecular complexity index is 1800. The third-order valence-electron chi connectivity index (χ3n) is 6.39. The van der Waals surface area contributed by atoms with E-state index in [0.717, 1.165) is 20.8 Å². The molecule has 0 fully saturated rings. The lowest BCUT2D eigenvalue weighted by Crippen LogP contribution is -2.29. The van der Waals surface area contributed by atoms with Crippen LogP contribution in [0.15, 0.2) is 87.2 Å². The number of nitrogens with zero attached hydrogens (tertiary/aromatic N) is 3. The SMILES string of the molecule is CCOc1cc(C=Nn2c(C(C)(C)C)nc3ccc(Br)cc3c2=O)cc(Cl)c1OCc1cccc2ccccc12. The third-order valence-corrected chi connectivity index (χ3v) is 7.16. The zero-order chi connectivity index (χ0) is 28.4. The summed E-state index contributed by atoms with van der Waals surface area (Å²) in [7, 11) is 0. The normalized spacial score (nSPS) is 11.9. The van der Waals surface area contributed by atoms with Crippen molar-refractivity contribution >= 4 is 55.4 Å². The quantitative estimate of drug-likeness (QED) is 0.173. The Kier molecular flexibility index (Phi) is 7.97. The standard InChI is InChI=1S/C32H29BrClN3O3/c1-5-39-28-16-20(15-26(34)29(28)40-19-22-11-8-10-21-9-6-7-12-24(21)22)18-35-37-30(38)25-17-23(33)13-14-27(25)36-31(37)32(2,3)4/h6-18H,5,19H2,1-4H3. The molecular weight excluding hydrogens is 590 g/mol. The van der Waals surface area contributed by atoms with Gasteiger partial charge in [-0.3, -0.25) is 4.79 Å². The van der Waals surface area contributed by atoms with Crippen molar-refractivity contribution in [3.05, 3.63) is 110 Å². The summed E-state index contributed by atoms with van der Waals surface area (Å²) in [5.74, 6) is 1.51. The summed E-state index contributed by atoms with van der Waals surface area (Å²) in [6.45, 7) is 8.65. The lowest BCUT2D eigenvalue weighted by molar-refractivity contribution is 0.270. The Morgan fingerprint density at radius 3 is 2.55 bits per heavy atom. The molecule has 204 valence electrons. The highest BCUT2D eigenvalue weighted by Gasteiger charge is 2.23. The van der Waals surface area contributed by atoms with E-state index in [-0.39, 0.29) is 5.56 Å². The largest absolute Gasteiger partial charge is 0.490 e. The average Bonchev–Trinajstić information content (AvgIpc) is 2.92. The Hall–Kier alpha value is -3.68. The van der Waals surface area contributed by atoms with Crippen LogP contribution in [0.5, 0.6) is 11.5 Å². The molecule has 1 heterocycles. The predicted molar refractivity (Wildman–Crippen MR) is 166 cm³/mol. The fourth-order valence-corrected chi connectivity index (χ4v) is 5.13. The van der Waals surface area contributed by atoms with Crippen molar-refractivity contribution in [2.24, 2.45) is 5.10 Å². The van der Waals surface area contributed by atoms with Crippen LogP contribution in [0.2, 0.25) is 5.02 Å². The maximum absolute atomic E-state index is 13.5. The van der Waals surface area contributed by atoms with Crippen LogP contribution >= 0.6 is 27.5 Å². The molecule has 0 unspecified atom stereocenters. The van der Waals surface area contributed by atoms with Gasteiger partial charge in [0.05, 0.1) is 28.7 Å². The van der Waals surface area contributed by atoms with Gasteiger partial charge in [0.25, 0.3) is 5.56 Å². The van der Waals surface area contributed by atoms with Crippen molar-refractivity contribution in [3.8, 4) is 11.5 Å². The molecule has 0 saturated carbocycles. The highest BCUT2D eigenvalue weighted by molar-refractivity contribution is 9.10. The summed E-state index contributed by atoms with van der Waals surface area (Å²) in [4.78, 5) is 18.3. The van der Waals surface area contributed by atoms with Crippen LogP contribution in [0.25, 0.3) is 21.7 Å². The first-order chi connectivity index (χ1) is 19.2. The zero-order valence-electron chi connectivity index (χ0n) is 22.7. The van der Waals surface area contributed by atoms with E-state index in [4.69, 9.17) is 26.1 Å². The molecule has 40 heavy (non-hydrogen) atoms. The van der Waals surface area contributed by atoms with Crippen LogP contribution in [0.1, 0.15) is 44.6 Å². The number of halogens is 2. The Balaban J connectivity index is 1.51. The Morgan fingerprint density at radius 1 is 1.00 bits per heavy atom. The van der Waals surface area contributed by atoms with Crippen LogP contribution in [0.3, 0.4) is 0 Å². The van der Waals surface area contributed by atoms with Gasteiger partial charge in [0.2, 0.25) is 0 Å². The average molecular weight is 619 g/mol. The van der Waals surface area contributed by atoms with Gasteiger partial charge >= 0.3 is 0 Å². The molecule has 0 amide bonds. The van der Waals surface area contributed by atoms with Crippen LogP contribution in [-0.4, -0.2) is 22.5 Å². The van der Waals surface area contributed by atoms with Gasteiger partial charge in [-0.1, -0.05) is 90.8 Å². The van der Waals surface area contributed by atoms with Crippen molar-refractivity contribution in [1.82, 2.24) is 9.66 Å². The monoisotopic (exact) mass is 617 g/mol. The number of benzene rings is 4. The lowest BCUT2D eigenvalue weighted by Gasteiger charge is -2.21. The molecule has 0 radical (unpaired) electrons. The van der Waals surface area contributed by atoms with Gasteiger partial charge in [-0.15, -0.1) is 0 Å². The van der Waals surface area contributed by atoms with E-state index in [2.05, 4.69) is 39.2 Å². The van der Waals surface area contributed by atoms with Crippen molar-refractivity contribution < 1.29 is 9.47 Å². The van der Waals surface area contributed by atoms with Gasteiger partial charge in [0.15, 0.2) is 11.5 Å². The maximum atomic E-state index is 13.5. The molecule has 0 spiro atoms. The van der Waals surface area contributed by atoms with Crippen molar-refractivity contribution in [2.75, 3.05) is 6.61 Å². The second-order valence-electron chi connectivity index (χ2n) is 10.4. The van der Waals surface area contributed by atoms with E-state index in [0.29, 0.717) is 52.0 Å². The summed E-state index contributed by atoms with van der Waals surface area (Å²) in [6, 6.07) is 23.3. The molecule has 6 nitrogen and oxygen atoms in total. The molecule has 0 aliphatic carbocycles. The Labute approximate surface area is 246 Å². The first-order valence-electron chi connectivity index (χ1n) is 13.0. The summed E-state index contributed by atoms with van der Waals surface area (Å²) in [5, 5.41) is 7.70. The topological polar surface area (TPSA) is 65.7 Å². The molecule has 0 aliphatic rings. The summed E-state index contributed by atoms with van der Waals surface area (Å²) >= 11 is 10.2. The van der Waals surface area contributed by atoms with Gasteiger partial charge in [-0.05, 0) is 59.2 Å². The van der Waals surface area contributed by atoms with Gasteiger partial charge in [-0.2, -0.15) is 9.78 Å². The number of aromatic nitrogens is 2. The summed E-state index contributed by atoms with van der Waals surface area (Å²) in [6.07, 6.45) is 1.59. The molecule has 8 heteroatoms. The molecular formula is C32H29BrClN3O3. The van der Waals surface area contributed by atoms with Crippen molar-refractivity contribution in [1.29, 1.82) is 0 Å². The third kappa shape index (κ3) is 5.76. The predicted octanol–water partition coefficient (Wildman–Crippen LogP) is 8.12. The fraction of sp³-hybridized carbons (Fsp3) is 0.219. The Morgan fingerprint density at radius 2 is 1.77 bits per heavy atom. The number of hydrogen-bond acceptors (Lipinski definition) is 5. The minimum atomic E-state index is -0.425. The first-order valence-corrected chi connectivity index (χ1v) is 14.2. The first kappa shape index (κ1) is 27.9. The van der Waals surface area contributed by atoms with E-state index >= 15 is 0 Å². The number of rotatable bonds is 7. The number of fused-ring (bicyclic) bond motifs is 2. The second-order valence-corrected chi connectivity index (χ2v) is 11.7. The maximum Gasteiger partial charge on any atom is 0.282 e. The van der Waals surface area contributed by atoms with Gasteiger partial charge in [0, 0.05) is 9.89 Å². The van der Waals surface area contributed by atoms with E-state index in [1.165, 1.54) is 4.68 Å². The van der Waals surface area contributed by atoms with Crippen LogP contribution in [-0.2, 0) is 12.0 Å². The van der Waals surface area contributed by atoms with E-state index in [9.17, 15) is 4.79 Å². The van der Waals surface area contributed by atoms with Crippen LogP contribution in [0, 0.1) is 0 Å². The smallest absolute Gasteiger partial charge is 0.282 e. The van der Waals surface area contributed by atoms with Crippen LogP contribution in [0.4, 0.5) is 0 Å².